The first-order valence-electron chi connectivity index (χ1n) is 8.55. The zero-order valence-electron chi connectivity index (χ0n) is 13.7. The second-order valence-electron chi connectivity index (χ2n) is 7.25. The standard InChI is InChI=1S/C16H23N3O4.ClH/c1-8(14(20)18-6-2-3-9(17)7-18)19-15(21)12-10-4-5-11(23-10)13(12)16(19)22;/h8-13H,2-7,17H2,1H3;1H. The number of carbonyl (C=O) groups is 3. The Labute approximate surface area is 147 Å². The van der Waals surface area contributed by atoms with Crippen LogP contribution in [0, 0.1) is 11.8 Å². The van der Waals surface area contributed by atoms with E-state index in [9.17, 15) is 14.4 Å². The lowest BCUT2D eigenvalue weighted by atomic mass is 9.81. The summed E-state index contributed by atoms with van der Waals surface area (Å²) in [7, 11) is 0. The van der Waals surface area contributed by atoms with Crippen LogP contribution in [0.15, 0.2) is 0 Å². The van der Waals surface area contributed by atoms with E-state index in [0.29, 0.717) is 13.1 Å². The molecule has 4 fully saturated rings. The molecule has 6 unspecified atom stereocenters. The highest BCUT2D eigenvalue weighted by atomic mass is 35.5. The number of halogens is 1. The fraction of sp³-hybridized carbons (Fsp3) is 0.812. The van der Waals surface area contributed by atoms with Crippen molar-refractivity contribution in [2.24, 2.45) is 17.6 Å². The molecule has 0 spiro atoms. The van der Waals surface area contributed by atoms with Gasteiger partial charge in [0.1, 0.15) is 6.04 Å². The van der Waals surface area contributed by atoms with Gasteiger partial charge in [0.15, 0.2) is 0 Å². The summed E-state index contributed by atoms with van der Waals surface area (Å²) in [5.74, 6) is -1.38. The summed E-state index contributed by atoms with van der Waals surface area (Å²) < 4.78 is 5.72. The topological polar surface area (TPSA) is 92.9 Å². The van der Waals surface area contributed by atoms with Crippen LogP contribution in [-0.4, -0.2) is 64.9 Å². The largest absolute Gasteiger partial charge is 0.373 e. The molecule has 4 rings (SSSR count). The van der Waals surface area contributed by atoms with Crippen LogP contribution in [0.1, 0.15) is 32.6 Å². The maximum Gasteiger partial charge on any atom is 0.245 e. The Hall–Kier alpha value is -1.18. The fourth-order valence-electron chi connectivity index (χ4n) is 4.70. The fourth-order valence-corrected chi connectivity index (χ4v) is 4.70. The number of likely N-dealkylation sites (tertiary alicyclic amines) is 2. The molecule has 4 aliphatic heterocycles. The molecule has 0 saturated carbocycles. The summed E-state index contributed by atoms with van der Waals surface area (Å²) in [6.45, 7) is 2.80. The summed E-state index contributed by atoms with van der Waals surface area (Å²) in [5, 5.41) is 0. The molecule has 8 heteroatoms. The maximum atomic E-state index is 12.7. The molecule has 0 aromatic rings. The Kier molecular flexibility index (Phi) is 4.61. The molecule has 0 aromatic heterocycles. The summed E-state index contributed by atoms with van der Waals surface area (Å²) >= 11 is 0. The normalized spacial score (nSPS) is 39.0. The van der Waals surface area contributed by atoms with E-state index in [0.717, 1.165) is 25.7 Å². The van der Waals surface area contributed by atoms with Crippen molar-refractivity contribution >= 4 is 30.1 Å². The van der Waals surface area contributed by atoms with Crippen LogP contribution < -0.4 is 5.73 Å². The molecule has 7 nitrogen and oxygen atoms in total. The molecule has 2 bridgehead atoms. The van der Waals surface area contributed by atoms with Crippen molar-refractivity contribution in [1.82, 2.24) is 9.80 Å². The minimum Gasteiger partial charge on any atom is -0.373 e. The monoisotopic (exact) mass is 357 g/mol. The van der Waals surface area contributed by atoms with E-state index in [2.05, 4.69) is 0 Å². The minimum atomic E-state index is -0.745. The zero-order valence-corrected chi connectivity index (χ0v) is 14.5. The van der Waals surface area contributed by atoms with Gasteiger partial charge in [0, 0.05) is 19.1 Å². The maximum absolute atomic E-state index is 12.7. The molecule has 4 saturated heterocycles. The van der Waals surface area contributed by atoms with Crippen molar-refractivity contribution in [2.45, 2.75) is 56.9 Å². The Morgan fingerprint density at radius 2 is 1.75 bits per heavy atom. The van der Waals surface area contributed by atoms with Crippen molar-refractivity contribution in [1.29, 1.82) is 0 Å². The Morgan fingerprint density at radius 1 is 1.17 bits per heavy atom. The molecule has 3 amide bonds. The molecule has 0 aromatic carbocycles. The average Bonchev–Trinajstić information content (AvgIpc) is 3.20. The highest BCUT2D eigenvalue weighted by Crippen LogP contribution is 2.48. The Morgan fingerprint density at radius 3 is 2.29 bits per heavy atom. The van der Waals surface area contributed by atoms with Gasteiger partial charge in [-0.1, -0.05) is 0 Å². The number of carbonyl (C=O) groups excluding carboxylic acids is 3. The van der Waals surface area contributed by atoms with Crippen molar-refractivity contribution in [3.63, 3.8) is 0 Å². The molecular weight excluding hydrogens is 334 g/mol. The highest BCUT2D eigenvalue weighted by Gasteiger charge is 2.63. The molecule has 0 aliphatic carbocycles. The van der Waals surface area contributed by atoms with Gasteiger partial charge in [-0.3, -0.25) is 19.3 Å². The SMILES string of the molecule is CC(C(=O)N1CCCC(N)C1)N1C(=O)C2C3CCC(O3)C2C1=O.Cl. The summed E-state index contributed by atoms with van der Waals surface area (Å²) in [6.07, 6.45) is 3.16. The number of nitrogens with zero attached hydrogens (tertiary/aromatic N) is 2. The quantitative estimate of drug-likeness (QED) is 0.697. The number of imide groups is 1. The smallest absolute Gasteiger partial charge is 0.245 e. The first-order valence-corrected chi connectivity index (χ1v) is 8.55. The van der Waals surface area contributed by atoms with Crippen molar-refractivity contribution in [2.75, 3.05) is 13.1 Å². The van der Waals surface area contributed by atoms with Crippen LogP contribution in [0.2, 0.25) is 0 Å². The van der Waals surface area contributed by atoms with E-state index in [4.69, 9.17) is 10.5 Å². The van der Waals surface area contributed by atoms with Crippen LogP contribution in [0.4, 0.5) is 0 Å². The third-order valence-electron chi connectivity index (χ3n) is 5.83. The van der Waals surface area contributed by atoms with E-state index >= 15 is 0 Å². The number of hydrogen-bond acceptors (Lipinski definition) is 5. The molecule has 6 atom stereocenters. The number of nitrogens with two attached hydrogens (primary N) is 1. The molecule has 134 valence electrons. The van der Waals surface area contributed by atoms with Crippen LogP contribution in [0.5, 0.6) is 0 Å². The predicted octanol–water partition coefficient (Wildman–Crippen LogP) is -0.0912. The molecule has 0 radical (unpaired) electrons. The van der Waals surface area contributed by atoms with Gasteiger partial charge in [0.05, 0.1) is 24.0 Å². The van der Waals surface area contributed by atoms with Crippen LogP contribution in [0.25, 0.3) is 0 Å². The lowest BCUT2D eigenvalue weighted by molar-refractivity contribution is -0.153. The predicted molar refractivity (Wildman–Crippen MR) is 87.2 cm³/mol. The molecule has 4 heterocycles. The van der Waals surface area contributed by atoms with Gasteiger partial charge < -0.3 is 15.4 Å². The van der Waals surface area contributed by atoms with E-state index in [-0.39, 0.29) is 60.2 Å². The van der Waals surface area contributed by atoms with Gasteiger partial charge in [-0.05, 0) is 32.6 Å². The van der Waals surface area contributed by atoms with E-state index < -0.39 is 6.04 Å². The van der Waals surface area contributed by atoms with Gasteiger partial charge in [-0.25, -0.2) is 0 Å². The Balaban J connectivity index is 0.00000169. The molecule has 24 heavy (non-hydrogen) atoms. The van der Waals surface area contributed by atoms with Crippen LogP contribution in [-0.2, 0) is 19.1 Å². The van der Waals surface area contributed by atoms with E-state index in [1.807, 2.05) is 0 Å². The zero-order chi connectivity index (χ0) is 16.3. The van der Waals surface area contributed by atoms with E-state index in [1.54, 1.807) is 11.8 Å². The second-order valence-corrected chi connectivity index (χ2v) is 7.25. The van der Waals surface area contributed by atoms with Gasteiger partial charge in [-0.15, -0.1) is 12.4 Å². The summed E-state index contributed by atoms with van der Waals surface area (Å²) in [6, 6.07) is -0.765. The summed E-state index contributed by atoms with van der Waals surface area (Å²) in [5.41, 5.74) is 5.93. The molecular formula is C16H24ClN3O4. The number of rotatable bonds is 2. The van der Waals surface area contributed by atoms with Gasteiger partial charge in [0.25, 0.3) is 0 Å². The number of hydrogen-bond donors (Lipinski definition) is 1. The second kappa shape index (κ2) is 6.28. The van der Waals surface area contributed by atoms with Gasteiger partial charge >= 0.3 is 0 Å². The van der Waals surface area contributed by atoms with Crippen LogP contribution in [0.3, 0.4) is 0 Å². The number of ether oxygens (including phenoxy) is 1. The van der Waals surface area contributed by atoms with Gasteiger partial charge in [-0.2, -0.15) is 0 Å². The molecule has 2 N–H and O–H groups in total. The Bertz CT molecular complexity index is 544. The number of amides is 3. The third-order valence-corrected chi connectivity index (χ3v) is 5.83. The lowest BCUT2D eigenvalue weighted by Gasteiger charge is -2.34. The third kappa shape index (κ3) is 2.45. The summed E-state index contributed by atoms with van der Waals surface area (Å²) in [4.78, 5) is 41.0. The lowest BCUT2D eigenvalue weighted by Crippen LogP contribution is -2.54. The van der Waals surface area contributed by atoms with Crippen molar-refractivity contribution in [3.8, 4) is 0 Å². The average molecular weight is 358 g/mol. The highest BCUT2D eigenvalue weighted by molar-refractivity contribution is 6.09. The van der Waals surface area contributed by atoms with Crippen LogP contribution >= 0.6 is 12.4 Å². The first kappa shape index (κ1) is 17.6. The van der Waals surface area contributed by atoms with E-state index in [1.165, 1.54) is 4.90 Å². The number of piperidine rings is 1. The minimum absolute atomic E-state index is 0. The number of fused-ring (bicyclic) bond motifs is 5. The van der Waals surface area contributed by atoms with Crippen molar-refractivity contribution < 1.29 is 19.1 Å². The first-order chi connectivity index (χ1) is 11.0. The molecule has 4 aliphatic rings. The van der Waals surface area contributed by atoms with Gasteiger partial charge in [0.2, 0.25) is 17.7 Å². The van der Waals surface area contributed by atoms with Crippen molar-refractivity contribution in [3.05, 3.63) is 0 Å².